The Morgan fingerprint density at radius 1 is 1.23 bits per heavy atom. The molecule has 1 N–H and O–H groups in total. The van der Waals surface area contributed by atoms with E-state index in [0.29, 0.717) is 13.0 Å². The monoisotopic (exact) mass is 298 g/mol. The van der Waals surface area contributed by atoms with Crippen LogP contribution in [0.25, 0.3) is 0 Å². The van der Waals surface area contributed by atoms with Crippen molar-refractivity contribution in [2.45, 2.75) is 38.4 Å². The van der Waals surface area contributed by atoms with Crippen LogP contribution in [-0.2, 0) is 6.42 Å². The molecule has 3 heteroatoms. The van der Waals surface area contributed by atoms with Gasteiger partial charge in [0.2, 0.25) is 0 Å². The summed E-state index contributed by atoms with van der Waals surface area (Å²) in [5.41, 5.74) is 2.43. The quantitative estimate of drug-likeness (QED) is 0.909. The third-order valence-corrected chi connectivity index (χ3v) is 4.07. The van der Waals surface area contributed by atoms with E-state index in [2.05, 4.69) is 18.2 Å². The van der Waals surface area contributed by atoms with Crippen molar-refractivity contribution in [1.82, 2.24) is 0 Å². The fourth-order valence-corrected chi connectivity index (χ4v) is 2.65. The molecule has 0 spiro atoms. The number of aliphatic hydroxyl groups is 1. The smallest absolute Gasteiger partial charge is 0.127 e. The van der Waals surface area contributed by atoms with Crippen molar-refractivity contribution in [1.29, 1.82) is 0 Å². The van der Waals surface area contributed by atoms with Crippen LogP contribution in [0.3, 0.4) is 0 Å². The lowest BCUT2D eigenvalue weighted by molar-refractivity contribution is 0.104. The van der Waals surface area contributed by atoms with E-state index in [4.69, 9.17) is 9.47 Å². The van der Waals surface area contributed by atoms with Crippen LogP contribution < -0.4 is 9.47 Å². The average Bonchev–Trinajstić information content (AvgIpc) is 2.59. The molecule has 0 radical (unpaired) electrons. The Kier molecular flexibility index (Phi) is 4.64. The number of aliphatic hydroxyl groups excluding tert-OH is 1. The number of ether oxygens (including phenoxy) is 2. The summed E-state index contributed by atoms with van der Waals surface area (Å²) in [5, 5.41) is 9.59. The number of rotatable bonds is 5. The maximum absolute atomic E-state index is 9.59. The minimum atomic E-state index is -0.422. The van der Waals surface area contributed by atoms with Gasteiger partial charge in [-0.25, -0.2) is 0 Å². The van der Waals surface area contributed by atoms with Gasteiger partial charge in [-0.2, -0.15) is 0 Å². The molecule has 1 aliphatic heterocycles. The molecule has 0 saturated carbocycles. The van der Waals surface area contributed by atoms with E-state index in [1.54, 1.807) is 0 Å². The van der Waals surface area contributed by atoms with Crippen LogP contribution in [0.4, 0.5) is 0 Å². The number of hydrogen-bond acceptors (Lipinski definition) is 3. The topological polar surface area (TPSA) is 38.7 Å². The van der Waals surface area contributed by atoms with Crippen LogP contribution in [0.15, 0.2) is 48.5 Å². The largest absolute Gasteiger partial charge is 0.491 e. The lowest BCUT2D eigenvalue weighted by atomic mass is 9.97. The molecule has 3 rings (SSSR count). The molecule has 1 heterocycles. The van der Waals surface area contributed by atoms with Crippen LogP contribution in [0.2, 0.25) is 0 Å². The summed E-state index contributed by atoms with van der Waals surface area (Å²) in [7, 11) is 0. The van der Waals surface area contributed by atoms with Gasteiger partial charge in [-0.1, -0.05) is 43.3 Å². The number of benzene rings is 2. The first-order valence-corrected chi connectivity index (χ1v) is 7.91. The summed E-state index contributed by atoms with van der Waals surface area (Å²) in [6, 6.07) is 16.3. The number of hydrogen-bond donors (Lipinski definition) is 1. The van der Waals surface area contributed by atoms with Gasteiger partial charge < -0.3 is 14.6 Å². The normalized spacial score (nSPS) is 18.2. The minimum Gasteiger partial charge on any atom is -0.491 e. The highest BCUT2D eigenvalue weighted by atomic mass is 16.5. The predicted octanol–water partition coefficient (Wildman–Crippen LogP) is 3.90. The molecular weight excluding hydrogens is 276 g/mol. The van der Waals surface area contributed by atoms with Crippen LogP contribution in [0.5, 0.6) is 11.5 Å². The van der Waals surface area contributed by atoms with Crippen LogP contribution >= 0.6 is 0 Å². The van der Waals surface area contributed by atoms with Crippen LogP contribution in [0.1, 0.15) is 37.0 Å². The molecule has 22 heavy (non-hydrogen) atoms. The van der Waals surface area contributed by atoms with E-state index >= 15 is 0 Å². The highest BCUT2D eigenvalue weighted by molar-refractivity contribution is 5.42. The second kappa shape index (κ2) is 6.84. The fourth-order valence-electron chi connectivity index (χ4n) is 2.65. The van der Waals surface area contributed by atoms with E-state index in [1.807, 2.05) is 37.3 Å². The standard InChI is InChI=1S/C19H22O3/c1-2-16(20)13-21-17-10-8-15-9-11-18(22-19(15)12-17)14-6-4-3-5-7-14/h3-8,10,12,16,18,20H,2,9,11,13H2,1H3. The molecule has 2 unspecified atom stereocenters. The second-order valence-electron chi connectivity index (χ2n) is 5.70. The summed E-state index contributed by atoms with van der Waals surface area (Å²) in [4.78, 5) is 0. The third kappa shape index (κ3) is 3.42. The van der Waals surface area contributed by atoms with E-state index in [0.717, 1.165) is 24.3 Å². The average molecular weight is 298 g/mol. The highest BCUT2D eigenvalue weighted by Crippen LogP contribution is 2.36. The minimum absolute atomic E-state index is 0.102. The Morgan fingerprint density at radius 2 is 2.05 bits per heavy atom. The van der Waals surface area contributed by atoms with Crippen molar-refractivity contribution in [3.8, 4) is 11.5 Å². The van der Waals surface area contributed by atoms with E-state index in [1.165, 1.54) is 11.1 Å². The zero-order valence-corrected chi connectivity index (χ0v) is 12.9. The molecule has 0 fully saturated rings. The van der Waals surface area contributed by atoms with Gasteiger partial charge in [-0.3, -0.25) is 0 Å². The van der Waals surface area contributed by atoms with Gasteiger partial charge in [-0.05, 0) is 36.5 Å². The lowest BCUT2D eigenvalue weighted by Gasteiger charge is -2.27. The summed E-state index contributed by atoms with van der Waals surface area (Å²) >= 11 is 0. The highest BCUT2D eigenvalue weighted by Gasteiger charge is 2.21. The molecule has 0 bridgehead atoms. The van der Waals surface area contributed by atoms with E-state index in [-0.39, 0.29) is 6.10 Å². The molecular formula is C19H22O3. The summed E-state index contributed by atoms with van der Waals surface area (Å²) < 4.78 is 11.8. The van der Waals surface area contributed by atoms with Crippen LogP contribution in [-0.4, -0.2) is 17.8 Å². The molecule has 3 nitrogen and oxygen atoms in total. The van der Waals surface area contributed by atoms with Crippen molar-refractivity contribution in [3.63, 3.8) is 0 Å². The maximum Gasteiger partial charge on any atom is 0.127 e. The second-order valence-corrected chi connectivity index (χ2v) is 5.70. The lowest BCUT2D eigenvalue weighted by Crippen LogP contribution is -2.17. The van der Waals surface area contributed by atoms with E-state index < -0.39 is 6.10 Å². The molecule has 0 saturated heterocycles. The molecule has 1 aliphatic rings. The first kappa shape index (κ1) is 14.9. The van der Waals surface area contributed by atoms with Gasteiger partial charge in [-0.15, -0.1) is 0 Å². The fraction of sp³-hybridized carbons (Fsp3) is 0.368. The molecule has 0 amide bonds. The maximum atomic E-state index is 9.59. The van der Waals surface area contributed by atoms with Gasteiger partial charge in [0.15, 0.2) is 0 Å². The van der Waals surface area contributed by atoms with Gasteiger partial charge in [0.1, 0.15) is 24.2 Å². The first-order chi connectivity index (χ1) is 10.8. The third-order valence-electron chi connectivity index (χ3n) is 4.07. The zero-order chi connectivity index (χ0) is 15.4. The Labute approximate surface area is 131 Å². The van der Waals surface area contributed by atoms with Crippen molar-refractivity contribution in [2.24, 2.45) is 0 Å². The molecule has 0 aromatic heterocycles. The Hall–Kier alpha value is -2.00. The van der Waals surface area contributed by atoms with Gasteiger partial charge in [0.25, 0.3) is 0 Å². The van der Waals surface area contributed by atoms with Crippen molar-refractivity contribution in [2.75, 3.05) is 6.61 Å². The zero-order valence-electron chi connectivity index (χ0n) is 12.9. The van der Waals surface area contributed by atoms with Crippen molar-refractivity contribution in [3.05, 3.63) is 59.7 Å². The molecule has 2 aromatic rings. The SMILES string of the molecule is CCC(O)COc1ccc2c(c1)OC(c1ccccc1)CC2. The first-order valence-electron chi connectivity index (χ1n) is 7.91. The van der Waals surface area contributed by atoms with Crippen LogP contribution in [0, 0.1) is 0 Å². The summed E-state index contributed by atoms with van der Waals surface area (Å²) in [5.74, 6) is 1.64. The summed E-state index contributed by atoms with van der Waals surface area (Å²) in [6.07, 6.45) is 2.37. The predicted molar refractivity (Wildman–Crippen MR) is 86.4 cm³/mol. The molecule has 116 valence electrons. The molecule has 0 aliphatic carbocycles. The number of aryl methyl sites for hydroxylation is 1. The Bertz CT molecular complexity index is 609. The van der Waals surface area contributed by atoms with Crippen molar-refractivity contribution < 1.29 is 14.6 Å². The molecule has 2 atom stereocenters. The van der Waals surface area contributed by atoms with Gasteiger partial charge >= 0.3 is 0 Å². The van der Waals surface area contributed by atoms with Gasteiger partial charge in [0, 0.05) is 6.07 Å². The summed E-state index contributed by atoms with van der Waals surface area (Å²) in [6.45, 7) is 2.26. The Morgan fingerprint density at radius 3 is 2.82 bits per heavy atom. The van der Waals surface area contributed by atoms with E-state index in [9.17, 15) is 5.11 Å². The van der Waals surface area contributed by atoms with Crippen molar-refractivity contribution >= 4 is 0 Å². The van der Waals surface area contributed by atoms with Gasteiger partial charge in [0.05, 0.1) is 6.10 Å². The number of fused-ring (bicyclic) bond motifs is 1. The molecule has 2 aromatic carbocycles. The Balaban J connectivity index is 1.72.